The molecule has 8 nitrogen and oxygen atoms in total. The van der Waals surface area contributed by atoms with E-state index < -0.39 is 57.2 Å². The Balaban J connectivity index is 2.91. The normalized spacial score (nSPS) is 14.3. The second-order valence-corrected chi connectivity index (χ2v) is 3.87. The number of ketones is 2. The quantitative estimate of drug-likeness (QED) is 0.458. The molecule has 106 valence electrons. The number of carbonyl (C=O) groups excluding carboxylic acids is 2. The number of methoxy groups -OCH3 is 2. The van der Waals surface area contributed by atoms with Crippen LogP contribution in [0.25, 0.3) is 0 Å². The van der Waals surface area contributed by atoms with Gasteiger partial charge in [0.15, 0.2) is 11.5 Å². The summed E-state index contributed by atoms with van der Waals surface area (Å²) in [4.78, 5) is 23.9. The van der Waals surface area contributed by atoms with Gasteiger partial charge in [0.25, 0.3) is 0 Å². The first-order valence-corrected chi connectivity index (χ1v) is 5.28. The summed E-state index contributed by atoms with van der Waals surface area (Å²) in [7, 11) is 2.14. The monoisotopic (exact) mass is 282 g/mol. The number of hydrogen-bond donors (Lipinski definition) is 4. The number of hydrogen-bond acceptors (Lipinski definition) is 8. The highest BCUT2D eigenvalue weighted by Gasteiger charge is 2.41. The van der Waals surface area contributed by atoms with Crippen LogP contribution < -0.4 is 4.74 Å². The highest BCUT2D eigenvalue weighted by atomic mass is 16.5. The summed E-state index contributed by atoms with van der Waals surface area (Å²) in [6.45, 7) is 0. The maximum atomic E-state index is 12.1. The third kappa shape index (κ3) is 1.48. The van der Waals surface area contributed by atoms with Crippen molar-refractivity contribution in [3.05, 3.63) is 22.6 Å². The zero-order valence-corrected chi connectivity index (χ0v) is 10.4. The molecule has 0 amide bonds. The van der Waals surface area contributed by atoms with Gasteiger partial charge < -0.3 is 29.9 Å². The molecule has 4 N–H and O–H groups in total. The van der Waals surface area contributed by atoms with E-state index in [4.69, 9.17) is 0 Å². The number of benzene rings is 1. The lowest BCUT2D eigenvalue weighted by Gasteiger charge is -2.20. The Morgan fingerprint density at radius 3 is 1.80 bits per heavy atom. The van der Waals surface area contributed by atoms with E-state index in [0.717, 1.165) is 14.2 Å². The van der Waals surface area contributed by atoms with E-state index in [2.05, 4.69) is 9.47 Å². The van der Waals surface area contributed by atoms with Crippen LogP contribution in [-0.2, 0) is 4.74 Å². The third-order valence-electron chi connectivity index (χ3n) is 2.88. The molecular weight excluding hydrogens is 272 g/mol. The highest BCUT2D eigenvalue weighted by Crippen LogP contribution is 2.50. The molecule has 1 aromatic carbocycles. The molecule has 1 aromatic rings. The highest BCUT2D eigenvalue weighted by molar-refractivity contribution is 6.28. The van der Waals surface area contributed by atoms with Crippen LogP contribution in [0.1, 0.15) is 20.7 Å². The molecule has 1 aliphatic carbocycles. The summed E-state index contributed by atoms with van der Waals surface area (Å²) in [5, 5.41) is 38.8. The van der Waals surface area contributed by atoms with Crippen molar-refractivity contribution in [2.24, 2.45) is 0 Å². The molecule has 0 aliphatic heterocycles. The third-order valence-corrected chi connectivity index (χ3v) is 2.88. The molecule has 20 heavy (non-hydrogen) atoms. The van der Waals surface area contributed by atoms with Crippen LogP contribution in [0.5, 0.6) is 23.0 Å². The molecule has 0 atom stereocenters. The number of phenolic OH excluding ortho intramolecular Hbond substituents is 3. The number of aliphatic hydroxyl groups excluding tert-OH is 1. The van der Waals surface area contributed by atoms with Crippen LogP contribution >= 0.6 is 0 Å². The van der Waals surface area contributed by atoms with Gasteiger partial charge in [-0.15, -0.1) is 0 Å². The summed E-state index contributed by atoms with van der Waals surface area (Å²) in [6.07, 6.45) is 0. The Kier molecular flexibility index (Phi) is 2.93. The van der Waals surface area contributed by atoms with Gasteiger partial charge in [-0.25, -0.2) is 0 Å². The number of rotatable bonds is 2. The van der Waals surface area contributed by atoms with E-state index in [1.165, 1.54) is 0 Å². The lowest BCUT2D eigenvalue weighted by molar-refractivity contribution is 0.0849. The Morgan fingerprint density at radius 1 is 0.750 bits per heavy atom. The van der Waals surface area contributed by atoms with E-state index in [9.17, 15) is 30.0 Å². The molecule has 0 saturated carbocycles. The van der Waals surface area contributed by atoms with Gasteiger partial charge in [0, 0.05) is 0 Å². The fourth-order valence-corrected chi connectivity index (χ4v) is 1.96. The van der Waals surface area contributed by atoms with Crippen molar-refractivity contribution in [2.45, 2.75) is 0 Å². The van der Waals surface area contributed by atoms with E-state index in [0.29, 0.717) is 0 Å². The molecular formula is C12H10O8. The Bertz CT molecular complexity index is 671. The zero-order valence-electron chi connectivity index (χ0n) is 10.4. The summed E-state index contributed by atoms with van der Waals surface area (Å²) < 4.78 is 9.26. The SMILES string of the molecule is COC1=C(O)C(=O)c2c(O)c(O)c(OC)c(O)c2C1=O. The lowest BCUT2D eigenvalue weighted by atomic mass is 9.89. The van der Waals surface area contributed by atoms with Gasteiger partial charge in [-0.05, 0) is 0 Å². The van der Waals surface area contributed by atoms with Crippen molar-refractivity contribution in [2.75, 3.05) is 14.2 Å². The fourth-order valence-electron chi connectivity index (χ4n) is 1.96. The van der Waals surface area contributed by atoms with Crippen LogP contribution in [0.2, 0.25) is 0 Å². The van der Waals surface area contributed by atoms with Crippen LogP contribution in [0, 0.1) is 0 Å². The summed E-state index contributed by atoms with van der Waals surface area (Å²) in [6, 6.07) is 0. The van der Waals surface area contributed by atoms with E-state index >= 15 is 0 Å². The molecule has 0 bridgehead atoms. The minimum Gasteiger partial charge on any atom is -0.504 e. The minimum atomic E-state index is -1.16. The molecule has 0 saturated heterocycles. The standard InChI is InChI=1S/C12H10O8/c1-19-11-7(15)4-3(5(13)9(11)17)6(14)10(18)12(20-2)8(4)16/h13,15,17-18H,1-2H3. The number of allylic oxidation sites excluding steroid dienone is 2. The molecule has 0 radical (unpaired) electrons. The number of carbonyl (C=O) groups is 2. The Labute approximate surface area is 112 Å². The maximum absolute atomic E-state index is 12.1. The van der Waals surface area contributed by atoms with E-state index in [1.807, 2.05) is 0 Å². The smallest absolute Gasteiger partial charge is 0.236 e. The Morgan fingerprint density at radius 2 is 1.30 bits per heavy atom. The van der Waals surface area contributed by atoms with Crippen molar-refractivity contribution < 1.29 is 39.5 Å². The van der Waals surface area contributed by atoms with Crippen LogP contribution in [0.15, 0.2) is 11.5 Å². The number of ether oxygens (including phenoxy) is 2. The first-order chi connectivity index (χ1) is 9.36. The predicted molar refractivity (Wildman–Crippen MR) is 63.3 cm³/mol. The lowest BCUT2D eigenvalue weighted by Crippen LogP contribution is -2.23. The molecule has 0 fully saturated rings. The van der Waals surface area contributed by atoms with Gasteiger partial charge in [-0.3, -0.25) is 9.59 Å². The molecule has 2 rings (SSSR count). The van der Waals surface area contributed by atoms with Gasteiger partial charge in [0.1, 0.15) is 0 Å². The second-order valence-electron chi connectivity index (χ2n) is 3.87. The topological polar surface area (TPSA) is 134 Å². The fraction of sp³-hybridized carbons (Fsp3) is 0.167. The van der Waals surface area contributed by atoms with E-state index in [-0.39, 0.29) is 0 Å². The average molecular weight is 282 g/mol. The summed E-state index contributed by atoms with van der Waals surface area (Å²) in [5.41, 5.74) is -1.33. The molecule has 0 spiro atoms. The zero-order chi connectivity index (χ0) is 15.2. The van der Waals surface area contributed by atoms with Crippen molar-refractivity contribution in [1.29, 1.82) is 0 Å². The van der Waals surface area contributed by atoms with Crippen LogP contribution in [-0.4, -0.2) is 46.2 Å². The van der Waals surface area contributed by atoms with E-state index in [1.54, 1.807) is 0 Å². The Hall–Kier alpha value is -2.90. The molecule has 0 unspecified atom stereocenters. The summed E-state index contributed by atoms with van der Waals surface area (Å²) >= 11 is 0. The molecule has 1 aliphatic rings. The van der Waals surface area contributed by atoms with Crippen molar-refractivity contribution in [3.8, 4) is 23.0 Å². The van der Waals surface area contributed by atoms with Crippen molar-refractivity contribution in [1.82, 2.24) is 0 Å². The number of Topliss-reactive ketones (excluding diaryl/α,β-unsaturated/α-hetero) is 2. The van der Waals surface area contributed by atoms with Gasteiger partial charge in [-0.2, -0.15) is 0 Å². The summed E-state index contributed by atoms with van der Waals surface area (Å²) in [5.74, 6) is -7.19. The first-order valence-electron chi connectivity index (χ1n) is 5.28. The maximum Gasteiger partial charge on any atom is 0.236 e. The number of fused-ring (bicyclic) bond motifs is 1. The average Bonchev–Trinajstić information content (AvgIpc) is 2.41. The van der Waals surface area contributed by atoms with Gasteiger partial charge in [0.05, 0.1) is 25.3 Å². The minimum absolute atomic E-state index is 0.570. The van der Waals surface area contributed by atoms with Crippen molar-refractivity contribution in [3.63, 3.8) is 0 Å². The largest absolute Gasteiger partial charge is 0.504 e. The van der Waals surface area contributed by atoms with Crippen molar-refractivity contribution >= 4 is 11.6 Å². The van der Waals surface area contributed by atoms with Gasteiger partial charge >= 0.3 is 0 Å². The number of phenols is 3. The second kappa shape index (κ2) is 4.34. The molecule has 0 aromatic heterocycles. The van der Waals surface area contributed by atoms with Crippen LogP contribution in [0.3, 0.4) is 0 Å². The number of aromatic hydroxyl groups is 3. The molecule has 8 heteroatoms. The van der Waals surface area contributed by atoms with Gasteiger partial charge in [0.2, 0.25) is 34.6 Å². The molecule has 0 heterocycles. The first kappa shape index (κ1) is 13.5. The van der Waals surface area contributed by atoms with Gasteiger partial charge in [-0.1, -0.05) is 0 Å². The number of aliphatic hydroxyl groups is 1. The van der Waals surface area contributed by atoms with Crippen LogP contribution in [0.4, 0.5) is 0 Å². The predicted octanol–water partition coefficient (Wildman–Crippen LogP) is 0.607.